The highest BCUT2D eigenvalue weighted by molar-refractivity contribution is 7.99. The number of aromatic nitrogens is 2. The number of nitrogens with zero attached hydrogens (tertiary/aromatic N) is 3. The van der Waals surface area contributed by atoms with Gasteiger partial charge in [-0.15, -0.1) is 21.5 Å². The quantitative estimate of drug-likeness (QED) is 0.775. The van der Waals surface area contributed by atoms with Gasteiger partial charge in [0.25, 0.3) is 11.1 Å². The van der Waals surface area contributed by atoms with Crippen LogP contribution in [0, 0.1) is 0 Å². The number of thioether (sulfide) groups is 1. The Morgan fingerprint density at radius 1 is 1.50 bits per heavy atom. The fourth-order valence-corrected chi connectivity index (χ4v) is 4.09. The van der Waals surface area contributed by atoms with Gasteiger partial charge in [-0.1, -0.05) is 23.4 Å². The van der Waals surface area contributed by atoms with Crippen LogP contribution < -0.4 is 0 Å². The van der Waals surface area contributed by atoms with E-state index >= 15 is 0 Å². The van der Waals surface area contributed by atoms with E-state index in [2.05, 4.69) is 17.1 Å². The third-order valence-corrected chi connectivity index (χ3v) is 5.66. The van der Waals surface area contributed by atoms with E-state index in [1.54, 1.807) is 6.07 Å². The fraction of sp³-hybridized carbons (Fsp3) is 0.500. The Kier molecular flexibility index (Phi) is 5.05. The van der Waals surface area contributed by atoms with Gasteiger partial charge >= 0.3 is 0 Å². The first kappa shape index (κ1) is 15.8. The van der Waals surface area contributed by atoms with Crippen molar-refractivity contribution in [1.82, 2.24) is 15.1 Å². The predicted octanol–water partition coefficient (Wildman–Crippen LogP) is 3.94. The summed E-state index contributed by atoms with van der Waals surface area (Å²) in [4.78, 5) is 15.0. The third-order valence-electron chi connectivity index (χ3n) is 3.63. The minimum Gasteiger partial charge on any atom is -0.410 e. The maximum atomic E-state index is 12.3. The number of likely N-dealkylation sites (tertiary alicyclic amines) is 1. The molecule has 0 bridgehead atoms. The molecular weight excluding hydrogens is 342 g/mol. The zero-order chi connectivity index (χ0) is 15.5. The number of amides is 1. The van der Waals surface area contributed by atoms with Crippen molar-refractivity contribution in [1.29, 1.82) is 0 Å². The van der Waals surface area contributed by atoms with Crippen molar-refractivity contribution in [3.63, 3.8) is 0 Å². The lowest BCUT2D eigenvalue weighted by atomic mass is 10.0. The molecule has 0 N–H and O–H groups in total. The lowest BCUT2D eigenvalue weighted by Gasteiger charge is -2.33. The molecule has 1 atom stereocenters. The van der Waals surface area contributed by atoms with Crippen molar-refractivity contribution in [2.24, 2.45) is 0 Å². The van der Waals surface area contributed by atoms with Crippen LogP contribution in [0.1, 0.15) is 26.2 Å². The van der Waals surface area contributed by atoms with Crippen LogP contribution in [-0.2, 0) is 4.79 Å². The molecule has 0 saturated carbocycles. The second kappa shape index (κ2) is 7.02. The van der Waals surface area contributed by atoms with Crippen LogP contribution in [0.4, 0.5) is 0 Å². The van der Waals surface area contributed by atoms with Crippen LogP contribution in [0.5, 0.6) is 0 Å². The largest absolute Gasteiger partial charge is 0.410 e. The van der Waals surface area contributed by atoms with Crippen molar-refractivity contribution in [2.75, 3.05) is 12.3 Å². The molecule has 3 rings (SSSR count). The number of carbonyl (C=O) groups excluding carboxylic acids is 1. The molecular formula is C14H16ClN3O2S2. The highest BCUT2D eigenvalue weighted by Crippen LogP contribution is 2.31. The van der Waals surface area contributed by atoms with E-state index in [0.29, 0.717) is 27.2 Å². The average molecular weight is 358 g/mol. The highest BCUT2D eigenvalue weighted by atomic mass is 35.5. The normalized spacial score (nSPS) is 18.6. The second-order valence-electron chi connectivity index (χ2n) is 5.20. The lowest BCUT2D eigenvalue weighted by molar-refractivity contribution is -0.131. The van der Waals surface area contributed by atoms with E-state index in [1.807, 2.05) is 11.0 Å². The van der Waals surface area contributed by atoms with Crippen molar-refractivity contribution in [3.8, 4) is 10.8 Å². The molecule has 1 saturated heterocycles. The first-order valence-corrected chi connectivity index (χ1v) is 9.33. The Balaban J connectivity index is 1.57. The Hall–Kier alpha value is -1.05. The van der Waals surface area contributed by atoms with Gasteiger partial charge in [0, 0.05) is 12.6 Å². The summed E-state index contributed by atoms with van der Waals surface area (Å²) in [6.45, 7) is 2.95. The minimum absolute atomic E-state index is 0.135. The second-order valence-corrected chi connectivity index (χ2v) is 7.84. The predicted molar refractivity (Wildman–Crippen MR) is 88.4 cm³/mol. The van der Waals surface area contributed by atoms with Gasteiger partial charge in [-0.3, -0.25) is 4.79 Å². The van der Waals surface area contributed by atoms with Gasteiger partial charge < -0.3 is 9.32 Å². The summed E-state index contributed by atoms with van der Waals surface area (Å²) in [5, 5.41) is 8.39. The Labute approximate surface area is 142 Å². The number of thiophene rings is 1. The van der Waals surface area contributed by atoms with E-state index in [9.17, 15) is 4.79 Å². The first-order chi connectivity index (χ1) is 10.6. The molecule has 0 radical (unpaired) electrons. The van der Waals surface area contributed by atoms with Crippen molar-refractivity contribution >= 4 is 40.6 Å². The third kappa shape index (κ3) is 3.64. The van der Waals surface area contributed by atoms with Crippen LogP contribution in [0.2, 0.25) is 4.34 Å². The van der Waals surface area contributed by atoms with Crippen LogP contribution >= 0.6 is 34.7 Å². The molecule has 22 heavy (non-hydrogen) atoms. The Morgan fingerprint density at radius 2 is 2.36 bits per heavy atom. The molecule has 2 aromatic rings. The Bertz CT molecular complexity index is 658. The minimum atomic E-state index is 0.135. The SMILES string of the molecule is C[C@@H]1CCCCN1C(=O)CSc1nnc(-c2ccc(Cl)s2)o1. The molecule has 5 nitrogen and oxygen atoms in total. The van der Waals surface area contributed by atoms with Gasteiger partial charge in [-0.2, -0.15) is 0 Å². The summed E-state index contributed by atoms with van der Waals surface area (Å²) in [5.74, 6) is 0.909. The molecule has 0 spiro atoms. The first-order valence-electron chi connectivity index (χ1n) is 7.15. The van der Waals surface area contributed by atoms with Crippen LogP contribution in [0.3, 0.4) is 0 Å². The van der Waals surface area contributed by atoms with Crippen LogP contribution in [0.15, 0.2) is 21.8 Å². The molecule has 0 aliphatic carbocycles. The van der Waals surface area contributed by atoms with Gasteiger partial charge in [-0.25, -0.2) is 0 Å². The topological polar surface area (TPSA) is 59.2 Å². The molecule has 0 aromatic carbocycles. The number of halogens is 1. The zero-order valence-corrected chi connectivity index (χ0v) is 14.5. The van der Waals surface area contributed by atoms with Crippen LogP contribution in [0.25, 0.3) is 10.8 Å². The fourth-order valence-electron chi connectivity index (χ4n) is 2.47. The number of hydrogen-bond acceptors (Lipinski definition) is 6. The summed E-state index contributed by atoms with van der Waals surface area (Å²) in [6, 6.07) is 3.96. The molecule has 0 unspecified atom stereocenters. The maximum absolute atomic E-state index is 12.3. The molecule has 1 aliphatic heterocycles. The monoisotopic (exact) mass is 357 g/mol. The number of piperidine rings is 1. The van der Waals surface area contributed by atoms with Gasteiger partial charge in [-0.05, 0) is 38.3 Å². The van der Waals surface area contributed by atoms with Gasteiger partial charge in [0.15, 0.2) is 0 Å². The van der Waals surface area contributed by atoms with Gasteiger partial charge in [0.2, 0.25) is 5.91 Å². The smallest absolute Gasteiger partial charge is 0.277 e. The zero-order valence-electron chi connectivity index (χ0n) is 12.1. The summed E-state index contributed by atoms with van der Waals surface area (Å²) >= 11 is 8.57. The van der Waals surface area contributed by atoms with Gasteiger partial charge in [0.05, 0.1) is 15.0 Å². The number of rotatable bonds is 4. The standard InChI is InChI=1S/C14H16ClN3O2S2/c1-9-4-2-3-7-18(9)12(19)8-21-14-17-16-13(20-14)10-5-6-11(15)22-10/h5-6,9H,2-4,7-8H2,1H3/t9-/m1/s1. The molecule has 1 aliphatic rings. The lowest BCUT2D eigenvalue weighted by Crippen LogP contribution is -2.42. The van der Waals surface area contributed by atoms with E-state index < -0.39 is 0 Å². The van der Waals surface area contributed by atoms with E-state index in [-0.39, 0.29) is 5.91 Å². The summed E-state index contributed by atoms with van der Waals surface area (Å²) in [7, 11) is 0. The summed E-state index contributed by atoms with van der Waals surface area (Å²) in [5.41, 5.74) is 0. The molecule has 8 heteroatoms. The molecule has 1 fully saturated rings. The van der Waals surface area contributed by atoms with E-state index in [4.69, 9.17) is 16.0 Å². The average Bonchev–Trinajstić information content (AvgIpc) is 3.14. The molecule has 3 heterocycles. The molecule has 1 amide bonds. The van der Waals surface area contributed by atoms with Crippen molar-refractivity contribution < 1.29 is 9.21 Å². The molecule has 118 valence electrons. The Morgan fingerprint density at radius 3 is 3.09 bits per heavy atom. The summed E-state index contributed by atoms with van der Waals surface area (Å²) in [6.07, 6.45) is 3.37. The number of hydrogen-bond donors (Lipinski definition) is 0. The van der Waals surface area contributed by atoms with Crippen LogP contribution in [-0.4, -0.2) is 39.3 Å². The van der Waals surface area contributed by atoms with E-state index in [1.165, 1.54) is 29.5 Å². The number of carbonyl (C=O) groups is 1. The van der Waals surface area contributed by atoms with Crippen molar-refractivity contribution in [3.05, 3.63) is 16.5 Å². The summed E-state index contributed by atoms with van der Waals surface area (Å²) < 4.78 is 6.25. The van der Waals surface area contributed by atoms with Gasteiger partial charge in [0.1, 0.15) is 0 Å². The maximum Gasteiger partial charge on any atom is 0.277 e. The van der Waals surface area contributed by atoms with E-state index in [0.717, 1.165) is 24.3 Å². The molecule has 2 aromatic heterocycles. The van der Waals surface area contributed by atoms with Crippen molar-refractivity contribution in [2.45, 2.75) is 37.5 Å². The highest BCUT2D eigenvalue weighted by Gasteiger charge is 2.23.